The number of methoxy groups -OCH3 is 2. The van der Waals surface area contributed by atoms with Crippen LogP contribution in [-0.4, -0.2) is 32.2 Å². The molecule has 100 valence electrons. The second-order valence-corrected chi connectivity index (χ2v) is 4.48. The number of benzene rings is 1. The van der Waals surface area contributed by atoms with Crippen molar-refractivity contribution < 1.29 is 9.47 Å². The lowest BCUT2D eigenvalue weighted by atomic mass is 10.1. The molecule has 0 aromatic heterocycles. The molecule has 0 saturated heterocycles. The fraction of sp³-hybridized carbons (Fsp3) is 0.467. The summed E-state index contributed by atoms with van der Waals surface area (Å²) in [5, 5.41) is 0. The fourth-order valence-corrected chi connectivity index (χ4v) is 1.88. The van der Waals surface area contributed by atoms with Gasteiger partial charge in [0.25, 0.3) is 0 Å². The van der Waals surface area contributed by atoms with Crippen LogP contribution in [-0.2, 0) is 6.54 Å². The summed E-state index contributed by atoms with van der Waals surface area (Å²) >= 11 is 0. The van der Waals surface area contributed by atoms with Crippen molar-refractivity contribution in [3.05, 3.63) is 35.9 Å². The van der Waals surface area contributed by atoms with Crippen molar-refractivity contribution in [1.82, 2.24) is 4.90 Å². The van der Waals surface area contributed by atoms with E-state index in [0.29, 0.717) is 0 Å². The molecule has 0 bridgehead atoms. The SMILES string of the molecule is C=C(C)CN(CC)Cc1cc(OC)cc(OC)c1. The number of ether oxygens (including phenoxy) is 2. The molecule has 0 aliphatic heterocycles. The van der Waals surface area contributed by atoms with Crippen molar-refractivity contribution in [2.45, 2.75) is 20.4 Å². The Morgan fingerprint density at radius 2 is 1.72 bits per heavy atom. The number of hydrogen-bond acceptors (Lipinski definition) is 3. The molecule has 1 aromatic rings. The Morgan fingerprint density at radius 3 is 2.11 bits per heavy atom. The third-order valence-electron chi connectivity index (χ3n) is 2.76. The van der Waals surface area contributed by atoms with Crippen LogP contribution in [0.4, 0.5) is 0 Å². The van der Waals surface area contributed by atoms with Crippen LogP contribution in [0.5, 0.6) is 11.5 Å². The number of hydrogen-bond donors (Lipinski definition) is 0. The van der Waals surface area contributed by atoms with Gasteiger partial charge in [-0.15, -0.1) is 0 Å². The van der Waals surface area contributed by atoms with Crippen LogP contribution in [0.3, 0.4) is 0 Å². The van der Waals surface area contributed by atoms with Crippen LogP contribution in [0.1, 0.15) is 19.4 Å². The lowest BCUT2D eigenvalue weighted by Crippen LogP contribution is -2.24. The topological polar surface area (TPSA) is 21.7 Å². The van der Waals surface area contributed by atoms with Crippen molar-refractivity contribution >= 4 is 0 Å². The predicted molar refractivity (Wildman–Crippen MR) is 75.3 cm³/mol. The quantitative estimate of drug-likeness (QED) is 0.693. The van der Waals surface area contributed by atoms with E-state index in [1.54, 1.807) is 14.2 Å². The van der Waals surface area contributed by atoms with Gasteiger partial charge in [-0.1, -0.05) is 19.1 Å². The van der Waals surface area contributed by atoms with E-state index in [1.165, 1.54) is 11.1 Å². The lowest BCUT2D eigenvalue weighted by Gasteiger charge is -2.21. The maximum absolute atomic E-state index is 5.28. The van der Waals surface area contributed by atoms with Gasteiger partial charge in [-0.2, -0.15) is 0 Å². The standard InChI is InChI=1S/C15H23NO2/c1-6-16(10-12(2)3)11-13-7-14(17-4)9-15(8-13)18-5/h7-9H,2,6,10-11H2,1,3-5H3. The summed E-state index contributed by atoms with van der Waals surface area (Å²) in [7, 11) is 3.34. The molecule has 1 aromatic carbocycles. The molecule has 18 heavy (non-hydrogen) atoms. The van der Waals surface area contributed by atoms with Crippen LogP contribution < -0.4 is 9.47 Å². The smallest absolute Gasteiger partial charge is 0.122 e. The van der Waals surface area contributed by atoms with Gasteiger partial charge < -0.3 is 9.47 Å². The number of nitrogens with zero attached hydrogens (tertiary/aromatic N) is 1. The van der Waals surface area contributed by atoms with E-state index >= 15 is 0 Å². The maximum Gasteiger partial charge on any atom is 0.122 e. The Hall–Kier alpha value is -1.48. The summed E-state index contributed by atoms with van der Waals surface area (Å²) in [6, 6.07) is 5.98. The van der Waals surface area contributed by atoms with E-state index in [4.69, 9.17) is 9.47 Å². The van der Waals surface area contributed by atoms with E-state index in [9.17, 15) is 0 Å². The Balaban J connectivity index is 2.84. The van der Waals surface area contributed by atoms with Crippen molar-refractivity contribution in [3.8, 4) is 11.5 Å². The Labute approximate surface area is 110 Å². The average molecular weight is 249 g/mol. The predicted octanol–water partition coefficient (Wildman–Crippen LogP) is 3.10. The minimum absolute atomic E-state index is 0.829. The Kier molecular flexibility index (Phi) is 5.72. The Morgan fingerprint density at radius 1 is 1.17 bits per heavy atom. The summed E-state index contributed by atoms with van der Waals surface area (Å²) in [5.74, 6) is 1.66. The van der Waals surface area contributed by atoms with Crippen molar-refractivity contribution in [1.29, 1.82) is 0 Å². The van der Waals surface area contributed by atoms with Gasteiger partial charge >= 0.3 is 0 Å². The highest BCUT2D eigenvalue weighted by Crippen LogP contribution is 2.23. The first-order valence-corrected chi connectivity index (χ1v) is 6.17. The minimum Gasteiger partial charge on any atom is -0.497 e. The van der Waals surface area contributed by atoms with Gasteiger partial charge in [0.1, 0.15) is 11.5 Å². The average Bonchev–Trinajstić information content (AvgIpc) is 2.36. The summed E-state index contributed by atoms with van der Waals surface area (Å²) in [4.78, 5) is 2.33. The van der Waals surface area contributed by atoms with E-state index in [2.05, 4.69) is 25.3 Å². The molecule has 0 aliphatic rings. The van der Waals surface area contributed by atoms with Crippen LogP contribution >= 0.6 is 0 Å². The largest absolute Gasteiger partial charge is 0.497 e. The Bertz CT molecular complexity index is 379. The highest BCUT2D eigenvalue weighted by Gasteiger charge is 2.07. The molecule has 3 heteroatoms. The third kappa shape index (κ3) is 4.41. The molecule has 0 fully saturated rings. The first-order valence-electron chi connectivity index (χ1n) is 6.17. The highest BCUT2D eigenvalue weighted by molar-refractivity contribution is 5.38. The van der Waals surface area contributed by atoms with E-state index in [-0.39, 0.29) is 0 Å². The summed E-state index contributed by atoms with van der Waals surface area (Å²) in [5.41, 5.74) is 2.36. The molecule has 0 radical (unpaired) electrons. The summed E-state index contributed by atoms with van der Waals surface area (Å²) in [6.07, 6.45) is 0. The van der Waals surface area contributed by atoms with Gasteiger partial charge in [0, 0.05) is 19.2 Å². The lowest BCUT2D eigenvalue weighted by molar-refractivity contribution is 0.303. The van der Waals surface area contributed by atoms with Crippen LogP contribution in [0.25, 0.3) is 0 Å². The number of likely N-dealkylation sites (N-methyl/N-ethyl adjacent to an activating group) is 1. The normalized spacial score (nSPS) is 10.5. The molecule has 0 saturated carbocycles. The van der Waals surface area contributed by atoms with E-state index in [0.717, 1.165) is 31.1 Å². The molecular formula is C15H23NO2. The molecule has 3 nitrogen and oxygen atoms in total. The maximum atomic E-state index is 5.28. The fourth-order valence-electron chi connectivity index (χ4n) is 1.88. The van der Waals surface area contributed by atoms with Gasteiger partial charge in [-0.05, 0) is 31.2 Å². The van der Waals surface area contributed by atoms with Gasteiger partial charge in [-0.25, -0.2) is 0 Å². The zero-order valence-electron chi connectivity index (χ0n) is 11.8. The van der Waals surface area contributed by atoms with Gasteiger partial charge in [0.15, 0.2) is 0 Å². The first kappa shape index (κ1) is 14.6. The zero-order chi connectivity index (χ0) is 13.5. The highest BCUT2D eigenvalue weighted by atomic mass is 16.5. The summed E-state index contributed by atoms with van der Waals surface area (Å²) < 4.78 is 10.6. The summed E-state index contributed by atoms with van der Waals surface area (Å²) in [6.45, 7) is 10.9. The van der Waals surface area contributed by atoms with Crippen molar-refractivity contribution in [2.24, 2.45) is 0 Å². The van der Waals surface area contributed by atoms with Gasteiger partial charge in [-0.3, -0.25) is 4.90 Å². The zero-order valence-corrected chi connectivity index (χ0v) is 11.8. The second kappa shape index (κ2) is 7.07. The monoisotopic (exact) mass is 249 g/mol. The van der Waals surface area contributed by atoms with E-state index in [1.807, 2.05) is 18.2 Å². The number of rotatable bonds is 7. The second-order valence-electron chi connectivity index (χ2n) is 4.48. The molecule has 0 amide bonds. The molecule has 0 atom stereocenters. The van der Waals surface area contributed by atoms with Gasteiger partial charge in [0.2, 0.25) is 0 Å². The van der Waals surface area contributed by atoms with Crippen LogP contribution in [0.2, 0.25) is 0 Å². The van der Waals surface area contributed by atoms with Crippen molar-refractivity contribution in [3.63, 3.8) is 0 Å². The minimum atomic E-state index is 0.829. The van der Waals surface area contributed by atoms with Crippen LogP contribution in [0.15, 0.2) is 30.4 Å². The molecule has 0 heterocycles. The molecule has 1 rings (SSSR count). The van der Waals surface area contributed by atoms with E-state index < -0.39 is 0 Å². The molecule has 0 aliphatic carbocycles. The molecule has 0 N–H and O–H groups in total. The molecule has 0 unspecified atom stereocenters. The van der Waals surface area contributed by atoms with Crippen molar-refractivity contribution in [2.75, 3.05) is 27.3 Å². The van der Waals surface area contributed by atoms with Crippen LogP contribution in [0, 0.1) is 0 Å². The van der Waals surface area contributed by atoms with Gasteiger partial charge in [0.05, 0.1) is 14.2 Å². The molecular weight excluding hydrogens is 226 g/mol. The first-order chi connectivity index (χ1) is 8.58. The third-order valence-corrected chi connectivity index (χ3v) is 2.76. The molecule has 0 spiro atoms.